The third-order valence-electron chi connectivity index (χ3n) is 3.87. The lowest BCUT2D eigenvalue weighted by molar-refractivity contribution is -0.137. The van der Waals surface area contributed by atoms with Gasteiger partial charge in [-0.25, -0.2) is 0 Å². The molecule has 0 aliphatic rings. The zero-order chi connectivity index (χ0) is 19.2. The Morgan fingerprint density at radius 1 is 1.08 bits per heavy atom. The molecule has 0 saturated heterocycles. The Balaban J connectivity index is 2.45. The van der Waals surface area contributed by atoms with E-state index in [9.17, 15) is 15.0 Å². The number of unbranched alkanes of at least 4 members (excludes halogenated alkanes) is 3. The molecular weight excluding hydrogens is 328 g/mol. The van der Waals surface area contributed by atoms with Gasteiger partial charge in [0.1, 0.15) is 6.10 Å². The summed E-state index contributed by atoms with van der Waals surface area (Å²) in [6.07, 6.45) is 4.10. The minimum Gasteiger partial charge on any atom is -0.481 e. The molecule has 2 atom stereocenters. The van der Waals surface area contributed by atoms with Crippen LogP contribution in [0.1, 0.15) is 75.5 Å². The summed E-state index contributed by atoms with van der Waals surface area (Å²) in [6, 6.07) is 7.21. The second kappa shape index (κ2) is 13.0. The van der Waals surface area contributed by atoms with Crippen LogP contribution >= 0.6 is 0 Å². The molecule has 1 aromatic carbocycles. The number of aliphatic carboxylic acids is 1. The van der Waals surface area contributed by atoms with E-state index >= 15 is 0 Å². The molecule has 140 valence electrons. The van der Waals surface area contributed by atoms with Crippen molar-refractivity contribution in [1.29, 1.82) is 0 Å². The van der Waals surface area contributed by atoms with Crippen molar-refractivity contribution in [3.63, 3.8) is 0 Å². The van der Waals surface area contributed by atoms with Crippen molar-refractivity contribution in [3.8, 4) is 23.7 Å². The minimum absolute atomic E-state index is 0.0345. The molecule has 26 heavy (non-hydrogen) atoms. The first-order valence-electron chi connectivity index (χ1n) is 9.18. The van der Waals surface area contributed by atoms with E-state index in [1.807, 2.05) is 12.1 Å². The highest BCUT2D eigenvalue weighted by Crippen LogP contribution is 2.16. The summed E-state index contributed by atoms with van der Waals surface area (Å²) in [6.45, 7) is 2.16. The number of benzene rings is 1. The number of carboxylic acids is 1. The molecule has 4 nitrogen and oxygen atoms in total. The minimum atomic E-state index is -0.870. The van der Waals surface area contributed by atoms with Crippen molar-refractivity contribution in [2.45, 2.75) is 70.5 Å². The first kappa shape index (κ1) is 21.8. The number of hydrogen-bond acceptors (Lipinski definition) is 3. The standard InChI is InChI=1S/C22H28O4/c1-2-3-4-5-6-7-10-21(24)19-15-12-18(13-16-19)14-17-20(23)9-8-11-22(25)26/h12-13,15-16,20-21,23-24H,2-5,8-11H2,1H3,(H,25,26)/t20-,21?/m0/s1. The fourth-order valence-electron chi connectivity index (χ4n) is 2.31. The van der Waals surface area contributed by atoms with Crippen LogP contribution in [0, 0.1) is 23.7 Å². The fourth-order valence-corrected chi connectivity index (χ4v) is 2.31. The lowest BCUT2D eigenvalue weighted by atomic mass is 10.0. The Labute approximate surface area is 156 Å². The summed E-state index contributed by atoms with van der Waals surface area (Å²) in [7, 11) is 0. The van der Waals surface area contributed by atoms with Crippen molar-refractivity contribution >= 4 is 5.97 Å². The van der Waals surface area contributed by atoms with Crippen LogP contribution in [-0.2, 0) is 4.79 Å². The van der Waals surface area contributed by atoms with Crippen LogP contribution < -0.4 is 0 Å². The first-order valence-corrected chi connectivity index (χ1v) is 9.18. The van der Waals surface area contributed by atoms with Crippen LogP contribution in [0.5, 0.6) is 0 Å². The Bertz CT molecular complexity index is 655. The Morgan fingerprint density at radius 3 is 2.46 bits per heavy atom. The number of carboxylic acid groups (broad SMARTS) is 1. The largest absolute Gasteiger partial charge is 0.481 e. The van der Waals surface area contributed by atoms with E-state index in [-0.39, 0.29) is 6.42 Å². The SMILES string of the molecule is CCCCCC#CCC(O)c1ccc(C#C[C@@H](O)CCCC(=O)O)cc1. The van der Waals surface area contributed by atoms with Gasteiger partial charge in [-0.3, -0.25) is 4.79 Å². The van der Waals surface area contributed by atoms with Gasteiger partial charge in [0, 0.05) is 24.8 Å². The quantitative estimate of drug-likeness (QED) is 0.466. The van der Waals surface area contributed by atoms with Crippen molar-refractivity contribution in [1.82, 2.24) is 0 Å². The summed E-state index contributed by atoms with van der Waals surface area (Å²) < 4.78 is 0. The van der Waals surface area contributed by atoms with E-state index in [1.165, 1.54) is 12.8 Å². The fraction of sp³-hybridized carbons (Fsp3) is 0.500. The Hall–Kier alpha value is -2.27. The van der Waals surface area contributed by atoms with Crippen molar-refractivity contribution in [2.75, 3.05) is 0 Å². The van der Waals surface area contributed by atoms with Gasteiger partial charge in [-0.1, -0.05) is 43.7 Å². The van der Waals surface area contributed by atoms with E-state index in [0.717, 1.165) is 24.0 Å². The highest BCUT2D eigenvalue weighted by Gasteiger charge is 2.05. The van der Waals surface area contributed by atoms with E-state index in [0.29, 0.717) is 19.3 Å². The van der Waals surface area contributed by atoms with Gasteiger partial charge in [0.25, 0.3) is 0 Å². The second-order valence-electron chi connectivity index (χ2n) is 6.22. The summed E-state index contributed by atoms with van der Waals surface area (Å²) in [5, 5.41) is 28.4. The molecule has 0 aromatic heterocycles. The van der Waals surface area contributed by atoms with Gasteiger partial charge < -0.3 is 15.3 Å². The summed E-state index contributed by atoms with van der Waals surface area (Å²) in [4.78, 5) is 10.4. The zero-order valence-electron chi connectivity index (χ0n) is 15.4. The third-order valence-corrected chi connectivity index (χ3v) is 3.87. The van der Waals surface area contributed by atoms with Crippen LogP contribution in [0.25, 0.3) is 0 Å². The van der Waals surface area contributed by atoms with Gasteiger partial charge in [-0.05, 0) is 37.0 Å². The number of aliphatic hydroxyl groups is 2. The number of carbonyl (C=O) groups is 1. The number of aliphatic hydroxyl groups excluding tert-OH is 2. The zero-order valence-corrected chi connectivity index (χ0v) is 15.4. The monoisotopic (exact) mass is 356 g/mol. The van der Waals surface area contributed by atoms with Crippen molar-refractivity contribution < 1.29 is 20.1 Å². The molecule has 0 heterocycles. The van der Waals surface area contributed by atoms with Crippen molar-refractivity contribution in [2.24, 2.45) is 0 Å². The molecule has 0 aliphatic heterocycles. The normalized spacial score (nSPS) is 12.3. The molecule has 0 fully saturated rings. The first-order chi connectivity index (χ1) is 12.5. The molecule has 1 rings (SSSR count). The highest BCUT2D eigenvalue weighted by atomic mass is 16.4. The van der Waals surface area contributed by atoms with E-state index in [2.05, 4.69) is 30.6 Å². The highest BCUT2D eigenvalue weighted by molar-refractivity contribution is 5.66. The smallest absolute Gasteiger partial charge is 0.303 e. The average molecular weight is 356 g/mol. The van der Waals surface area contributed by atoms with E-state index in [1.54, 1.807) is 12.1 Å². The second-order valence-corrected chi connectivity index (χ2v) is 6.22. The Kier molecular flexibility index (Phi) is 10.9. The van der Waals surface area contributed by atoms with Crippen LogP contribution in [0.4, 0.5) is 0 Å². The van der Waals surface area contributed by atoms with Crippen LogP contribution in [0.15, 0.2) is 24.3 Å². The predicted molar refractivity (Wildman–Crippen MR) is 102 cm³/mol. The maximum Gasteiger partial charge on any atom is 0.303 e. The van der Waals surface area contributed by atoms with Crippen LogP contribution in [-0.4, -0.2) is 27.4 Å². The summed E-state index contributed by atoms with van der Waals surface area (Å²) in [5.41, 5.74) is 1.53. The van der Waals surface area contributed by atoms with Crippen LogP contribution in [0.3, 0.4) is 0 Å². The number of hydrogen-bond donors (Lipinski definition) is 3. The third kappa shape index (κ3) is 9.89. The van der Waals surface area contributed by atoms with E-state index in [4.69, 9.17) is 5.11 Å². The van der Waals surface area contributed by atoms with Gasteiger partial charge in [0.05, 0.1) is 6.10 Å². The number of rotatable bonds is 9. The molecule has 0 amide bonds. The lowest BCUT2D eigenvalue weighted by Gasteiger charge is -2.07. The predicted octanol–water partition coefficient (Wildman–Crippen LogP) is 3.66. The van der Waals surface area contributed by atoms with Gasteiger partial charge in [0.2, 0.25) is 0 Å². The molecule has 0 bridgehead atoms. The lowest BCUT2D eigenvalue weighted by Crippen LogP contribution is -2.04. The molecule has 0 aliphatic carbocycles. The Morgan fingerprint density at radius 2 is 1.81 bits per heavy atom. The summed E-state index contributed by atoms with van der Waals surface area (Å²) >= 11 is 0. The molecule has 4 heteroatoms. The van der Waals surface area contributed by atoms with Gasteiger partial charge in [-0.15, -0.1) is 11.8 Å². The van der Waals surface area contributed by atoms with Gasteiger partial charge >= 0.3 is 5.97 Å². The molecular formula is C22H28O4. The van der Waals surface area contributed by atoms with E-state index < -0.39 is 18.2 Å². The maximum atomic E-state index is 10.4. The maximum absolute atomic E-state index is 10.4. The van der Waals surface area contributed by atoms with Gasteiger partial charge in [-0.2, -0.15) is 0 Å². The van der Waals surface area contributed by atoms with Crippen LogP contribution in [0.2, 0.25) is 0 Å². The van der Waals surface area contributed by atoms with Gasteiger partial charge in [0.15, 0.2) is 0 Å². The molecule has 0 radical (unpaired) electrons. The molecule has 1 unspecified atom stereocenters. The molecule has 0 saturated carbocycles. The van der Waals surface area contributed by atoms with Crippen molar-refractivity contribution in [3.05, 3.63) is 35.4 Å². The topological polar surface area (TPSA) is 77.8 Å². The molecule has 1 aromatic rings. The molecule has 0 spiro atoms. The average Bonchev–Trinajstić information content (AvgIpc) is 2.63. The summed E-state index contributed by atoms with van der Waals surface area (Å²) in [5.74, 6) is 10.8. The molecule has 3 N–H and O–H groups in total.